The van der Waals surface area contributed by atoms with Crippen molar-refractivity contribution in [1.82, 2.24) is 0 Å². The zero-order valence-corrected chi connectivity index (χ0v) is 4.83. The van der Waals surface area contributed by atoms with Gasteiger partial charge in [-0.3, -0.25) is 0 Å². The number of hydrogen-bond acceptors (Lipinski definition) is 0. The molecule has 0 amide bonds. The van der Waals surface area contributed by atoms with Crippen molar-refractivity contribution in [2.75, 3.05) is 0 Å². The summed E-state index contributed by atoms with van der Waals surface area (Å²) in [5, 5.41) is 0. The first-order valence-electron chi connectivity index (χ1n) is 1.24. The Hall–Kier alpha value is 0.113. The summed E-state index contributed by atoms with van der Waals surface area (Å²) in [6.07, 6.45) is 2.11. The Morgan fingerprint density at radius 1 is 1.40 bits per heavy atom. The molecule has 0 aromatic heterocycles. The number of rotatable bonds is 0. The fourth-order valence-electron chi connectivity index (χ4n) is 0.0962. The maximum Gasteiger partial charge on any atom is -0.412 e. The number of allylic oxidation sites excluding steroid dienone is 1. The van der Waals surface area contributed by atoms with Crippen molar-refractivity contribution in [3.05, 3.63) is 11.0 Å². The van der Waals surface area contributed by atoms with Crippen molar-refractivity contribution >= 4 is 19.8 Å². The summed E-state index contributed by atoms with van der Waals surface area (Å²) >= 11 is 0.389. The number of hydrogen-bond donors (Lipinski definition) is 0. The SMILES string of the molecule is C1=[CH][Ge]=[CH]1.O. The van der Waals surface area contributed by atoms with Crippen LogP contribution < -0.4 is 0 Å². The predicted octanol–water partition coefficient (Wildman–Crippen LogP) is -0.805. The molecular formula is C3H5GeO. The summed E-state index contributed by atoms with van der Waals surface area (Å²) in [6.45, 7) is 0. The fraction of sp³-hybridized carbons (Fsp3) is 0. The smallest absolute Gasteiger partial charge is 0.412 e. The average molecular weight is 130 g/mol. The largest absolute Gasteiger partial charge is 0.412 e. The minimum absolute atomic E-state index is 0. The summed E-state index contributed by atoms with van der Waals surface area (Å²) < 4.78 is 0. The minimum Gasteiger partial charge on any atom is -0.412 e. The molecule has 0 spiro atoms. The zero-order valence-electron chi connectivity index (χ0n) is 2.73. The van der Waals surface area contributed by atoms with Gasteiger partial charge in [0.1, 0.15) is 0 Å². The molecule has 1 heterocycles. The van der Waals surface area contributed by atoms with Crippen LogP contribution in [0.25, 0.3) is 0 Å². The van der Waals surface area contributed by atoms with Crippen LogP contribution in [-0.4, -0.2) is 25.3 Å². The Bertz CT molecular complexity index is 47.3. The Morgan fingerprint density at radius 3 is 1.60 bits per heavy atom. The Morgan fingerprint density at radius 2 is 1.60 bits per heavy atom. The molecule has 27 valence electrons. The van der Waals surface area contributed by atoms with E-state index < -0.39 is 0 Å². The average Bonchev–Trinajstić information content (AvgIpc) is 0.722. The summed E-state index contributed by atoms with van der Waals surface area (Å²) in [5.74, 6) is 0. The fourth-order valence-corrected chi connectivity index (χ4v) is 0.500. The standard InChI is InChI=1S/C3H3Ge.H2O/c1-2-4-3-1;/h1-3H;1H2. The van der Waals surface area contributed by atoms with Crippen LogP contribution in [0.5, 0.6) is 0 Å². The third-order valence-corrected chi connectivity index (χ3v) is 2.00. The maximum absolute atomic E-state index is 2.25. The van der Waals surface area contributed by atoms with Gasteiger partial charge in [-0.25, -0.2) is 0 Å². The van der Waals surface area contributed by atoms with Crippen LogP contribution in [0, 0.1) is 0 Å². The second-order valence-corrected chi connectivity index (χ2v) is 2.79. The van der Waals surface area contributed by atoms with Gasteiger partial charge in [-0.2, -0.15) is 0 Å². The van der Waals surface area contributed by atoms with Crippen LogP contribution in [0.2, 0.25) is 0 Å². The van der Waals surface area contributed by atoms with Gasteiger partial charge in [-0.1, -0.05) is 0 Å². The van der Waals surface area contributed by atoms with Gasteiger partial charge in [0.2, 0.25) is 0 Å². The van der Waals surface area contributed by atoms with Gasteiger partial charge < -0.3 is 5.48 Å². The van der Waals surface area contributed by atoms with E-state index in [1.807, 2.05) is 0 Å². The summed E-state index contributed by atoms with van der Waals surface area (Å²) in [5.41, 5.74) is 0. The van der Waals surface area contributed by atoms with Gasteiger partial charge in [0, 0.05) is 0 Å². The first-order valence-corrected chi connectivity index (χ1v) is 3.67. The predicted molar refractivity (Wildman–Crippen MR) is 24.6 cm³/mol. The van der Waals surface area contributed by atoms with E-state index >= 15 is 0 Å². The zero-order chi connectivity index (χ0) is 2.83. The molecule has 0 aliphatic carbocycles. The molecule has 1 aliphatic heterocycles. The van der Waals surface area contributed by atoms with E-state index in [1.165, 1.54) is 0 Å². The summed E-state index contributed by atoms with van der Waals surface area (Å²) in [7, 11) is 0. The molecule has 1 nitrogen and oxygen atoms in total. The molecule has 1 rings (SSSR count). The molecular weight excluding hydrogens is 125 g/mol. The van der Waals surface area contributed by atoms with Crippen LogP contribution in [0.3, 0.4) is 0 Å². The van der Waals surface area contributed by atoms with Crippen molar-refractivity contribution in [1.29, 1.82) is 0 Å². The molecule has 0 atom stereocenters. The van der Waals surface area contributed by atoms with Gasteiger partial charge in [0.15, 0.2) is 0 Å². The van der Waals surface area contributed by atoms with Gasteiger partial charge in [-0.05, 0) is 0 Å². The topological polar surface area (TPSA) is 31.5 Å². The van der Waals surface area contributed by atoms with Crippen molar-refractivity contribution in [3.63, 3.8) is 0 Å². The first kappa shape index (κ1) is 5.11. The van der Waals surface area contributed by atoms with E-state index in [1.54, 1.807) is 0 Å². The molecule has 0 unspecified atom stereocenters. The van der Waals surface area contributed by atoms with E-state index in [-0.39, 0.29) is 5.48 Å². The quantitative estimate of drug-likeness (QED) is 0.384. The Balaban J connectivity index is 0.000000160. The molecule has 2 heteroatoms. The van der Waals surface area contributed by atoms with E-state index in [0.717, 1.165) is 0 Å². The molecule has 0 saturated heterocycles. The third-order valence-electron chi connectivity index (χ3n) is 0.385. The van der Waals surface area contributed by atoms with E-state index in [4.69, 9.17) is 0 Å². The van der Waals surface area contributed by atoms with E-state index in [9.17, 15) is 0 Å². The van der Waals surface area contributed by atoms with Crippen LogP contribution >= 0.6 is 0 Å². The second-order valence-electron chi connectivity index (χ2n) is 0.692. The molecule has 0 aromatic carbocycles. The summed E-state index contributed by atoms with van der Waals surface area (Å²) in [4.78, 5) is 4.50. The molecule has 0 fully saturated rings. The van der Waals surface area contributed by atoms with Crippen molar-refractivity contribution < 1.29 is 5.48 Å². The molecule has 0 aromatic rings. The monoisotopic (exact) mass is 131 g/mol. The van der Waals surface area contributed by atoms with Crippen LogP contribution in [0.15, 0.2) is 11.0 Å². The van der Waals surface area contributed by atoms with Gasteiger partial charge in [0.05, 0.1) is 0 Å². The molecule has 0 saturated carbocycles. The molecule has 1 radical (unpaired) electrons. The Labute approximate surface area is 37.0 Å². The molecule has 1 aliphatic rings. The Kier molecular flexibility index (Phi) is 2.41. The van der Waals surface area contributed by atoms with E-state index in [2.05, 4.69) is 15.8 Å². The van der Waals surface area contributed by atoms with Crippen molar-refractivity contribution in [2.45, 2.75) is 0 Å². The minimum atomic E-state index is 0. The van der Waals surface area contributed by atoms with Crippen LogP contribution in [0.4, 0.5) is 0 Å². The van der Waals surface area contributed by atoms with Gasteiger partial charge in [-0.15, -0.1) is 0 Å². The third kappa shape index (κ3) is 1.09. The summed E-state index contributed by atoms with van der Waals surface area (Å²) in [6, 6.07) is 0. The second kappa shape index (κ2) is 2.36. The first-order chi connectivity index (χ1) is 2.00. The normalized spacial score (nSPS) is 12.8. The van der Waals surface area contributed by atoms with Crippen molar-refractivity contribution in [2.24, 2.45) is 0 Å². The van der Waals surface area contributed by atoms with E-state index in [0.29, 0.717) is 15.0 Å². The molecule has 5 heavy (non-hydrogen) atoms. The van der Waals surface area contributed by atoms with Crippen molar-refractivity contribution in [3.8, 4) is 0 Å². The maximum atomic E-state index is 2.25. The van der Waals surface area contributed by atoms with Crippen LogP contribution in [0.1, 0.15) is 0 Å². The van der Waals surface area contributed by atoms with Gasteiger partial charge >= 0.3 is 30.8 Å². The molecule has 2 N–H and O–H groups in total. The molecule has 0 bridgehead atoms. The van der Waals surface area contributed by atoms with Gasteiger partial charge in [0.25, 0.3) is 0 Å². The van der Waals surface area contributed by atoms with Crippen LogP contribution in [-0.2, 0) is 0 Å².